The van der Waals surface area contributed by atoms with Crippen molar-refractivity contribution < 1.29 is 69.4 Å². The van der Waals surface area contributed by atoms with Crippen LogP contribution in [-0.2, 0) is 57.7 Å². The van der Waals surface area contributed by atoms with Gasteiger partial charge >= 0.3 is 39.2 Å². The van der Waals surface area contributed by atoms with Crippen molar-refractivity contribution in [3.63, 3.8) is 0 Å². The molecule has 6 bridgehead atoms. The van der Waals surface area contributed by atoms with Gasteiger partial charge in [0.25, 0.3) is 0 Å². The molecule has 7 fully saturated rings. The first-order valence-corrected chi connectivity index (χ1v) is 17.0. The minimum absolute atomic E-state index is 0.105. The molecule has 45 heavy (non-hydrogen) atoms. The van der Waals surface area contributed by atoms with Crippen LogP contribution in [0.3, 0.4) is 0 Å². The van der Waals surface area contributed by atoms with Crippen molar-refractivity contribution in [2.24, 2.45) is 35.0 Å². The van der Waals surface area contributed by atoms with Gasteiger partial charge in [0.15, 0.2) is 18.3 Å². The number of carbonyl (C=O) groups is 4. The smallest absolute Gasteiger partial charge is 0.405 e. The summed E-state index contributed by atoms with van der Waals surface area (Å²) in [6, 6.07) is 0. The van der Waals surface area contributed by atoms with E-state index in [1.807, 2.05) is 6.92 Å². The summed E-state index contributed by atoms with van der Waals surface area (Å²) in [6.45, 7) is 2.89. The molecule has 8 atom stereocenters. The van der Waals surface area contributed by atoms with Crippen molar-refractivity contribution >= 4 is 34.0 Å². The normalized spacial score (nSPS) is 39.0. The van der Waals surface area contributed by atoms with Gasteiger partial charge in [0.1, 0.15) is 24.0 Å². The molecule has 4 saturated carbocycles. The molecule has 0 aromatic rings. The van der Waals surface area contributed by atoms with E-state index in [2.05, 4.69) is 4.74 Å². The van der Waals surface area contributed by atoms with Gasteiger partial charge in [0.05, 0.1) is 19.4 Å². The summed E-state index contributed by atoms with van der Waals surface area (Å²) in [5.74, 6) is -3.63. The quantitative estimate of drug-likeness (QED) is 0.132. The predicted molar refractivity (Wildman–Crippen MR) is 143 cm³/mol. The highest BCUT2D eigenvalue weighted by atomic mass is 32.2. The fraction of sp³-hybridized carbons (Fsp3) is 0.862. The lowest BCUT2D eigenvalue weighted by Gasteiger charge is -2.56. The number of alkyl halides is 2. The molecule has 252 valence electrons. The molecule has 3 heterocycles. The third-order valence-corrected chi connectivity index (χ3v) is 11.4. The van der Waals surface area contributed by atoms with E-state index in [0.29, 0.717) is 20.0 Å². The van der Waals surface area contributed by atoms with Crippen LogP contribution < -0.4 is 0 Å². The largest absolute Gasteiger partial charge is 0.455 e. The van der Waals surface area contributed by atoms with Crippen LogP contribution in [0.15, 0.2) is 0 Å². The van der Waals surface area contributed by atoms with Gasteiger partial charge in [-0.05, 0) is 68.6 Å². The Balaban J connectivity index is 1.03. The fourth-order valence-corrected chi connectivity index (χ4v) is 9.34. The van der Waals surface area contributed by atoms with Crippen LogP contribution in [0.25, 0.3) is 0 Å². The highest BCUT2D eigenvalue weighted by Gasteiger charge is 2.72. The van der Waals surface area contributed by atoms with Gasteiger partial charge in [0, 0.05) is 6.42 Å². The first-order valence-electron chi connectivity index (χ1n) is 15.5. The lowest BCUT2D eigenvalue weighted by Crippen LogP contribution is -2.49. The molecule has 7 rings (SSSR count). The summed E-state index contributed by atoms with van der Waals surface area (Å²) < 4.78 is 90.5. The molecule has 4 aliphatic carbocycles. The van der Waals surface area contributed by atoms with E-state index in [-0.39, 0.29) is 5.41 Å². The van der Waals surface area contributed by atoms with Gasteiger partial charge in [-0.15, -0.1) is 0 Å². The summed E-state index contributed by atoms with van der Waals surface area (Å²) in [6.07, 6.45) is -1.22. The number of ether oxygens (including phenoxy) is 6. The van der Waals surface area contributed by atoms with Crippen molar-refractivity contribution in [1.82, 2.24) is 0 Å². The third kappa shape index (κ3) is 5.95. The molecule has 16 heteroatoms. The lowest BCUT2D eigenvalue weighted by atomic mass is 9.50. The van der Waals surface area contributed by atoms with Crippen LogP contribution in [0.2, 0.25) is 0 Å². The summed E-state index contributed by atoms with van der Waals surface area (Å²) >= 11 is 0. The Morgan fingerprint density at radius 2 is 1.60 bits per heavy atom. The average molecular weight is 665 g/mol. The highest BCUT2D eigenvalue weighted by molar-refractivity contribution is 7.86. The number of hydrogen-bond acceptors (Lipinski definition) is 12. The van der Waals surface area contributed by atoms with E-state index in [0.717, 1.165) is 37.0 Å². The average Bonchev–Trinajstić information content (AvgIpc) is 3.57. The number of rotatable bonds is 13. The Labute approximate surface area is 258 Å². The molecule has 3 saturated heterocycles. The zero-order chi connectivity index (χ0) is 32.5. The molecule has 3 aliphatic heterocycles. The lowest BCUT2D eigenvalue weighted by molar-refractivity contribution is -0.204. The Bertz CT molecular complexity index is 1300. The van der Waals surface area contributed by atoms with Gasteiger partial charge in [-0.3, -0.25) is 23.7 Å². The first kappa shape index (κ1) is 32.5. The Morgan fingerprint density at radius 3 is 2.18 bits per heavy atom. The summed E-state index contributed by atoms with van der Waals surface area (Å²) in [7, 11) is -5.85. The van der Waals surface area contributed by atoms with Crippen molar-refractivity contribution in [3.05, 3.63) is 0 Å². The highest BCUT2D eigenvalue weighted by Crippen LogP contribution is 2.60. The second kappa shape index (κ2) is 11.7. The molecule has 7 aliphatic rings. The van der Waals surface area contributed by atoms with E-state index in [1.54, 1.807) is 0 Å². The van der Waals surface area contributed by atoms with E-state index in [4.69, 9.17) is 28.2 Å². The SMILES string of the molecule is CCC(OCC12CC3CC(CC(C3)C1)C2)OC(=O)C1C2OC3C(OC(=O)C31)C2OC(=O)CCC(=O)OC(C)C(F)(F)S(=O)(=O)O. The first-order chi connectivity index (χ1) is 21.1. The second-order valence-electron chi connectivity index (χ2n) is 13.6. The zero-order valence-corrected chi connectivity index (χ0v) is 25.7. The predicted octanol–water partition coefficient (Wildman–Crippen LogP) is 2.54. The summed E-state index contributed by atoms with van der Waals surface area (Å²) in [5, 5.41) is -4.76. The Morgan fingerprint density at radius 1 is 1.00 bits per heavy atom. The van der Waals surface area contributed by atoms with Crippen LogP contribution in [-0.4, -0.2) is 85.5 Å². The summed E-state index contributed by atoms with van der Waals surface area (Å²) in [4.78, 5) is 50.7. The molecular weight excluding hydrogens is 626 g/mol. The van der Waals surface area contributed by atoms with Gasteiger partial charge in [-0.1, -0.05) is 6.92 Å². The van der Waals surface area contributed by atoms with E-state index in [1.165, 1.54) is 19.3 Å². The number of fused-ring (bicyclic) bond motifs is 1. The standard InChI is InChI=1S/C29H38F2O13S/c1-3-19(39-12-28-9-14-6-15(10-28)8-16(7-14)11-28)42-26(34)20-21-23-25(44-27(21)35)24(22(20)43-23)41-18(33)5-4-17(32)40-13(2)29(30,31)45(36,37)38/h13-16,19-25H,3-12H2,1-2H3,(H,36,37,38). The van der Waals surface area contributed by atoms with Crippen LogP contribution in [0.1, 0.15) is 71.6 Å². The van der Waals surface area contributed by atoms with Crippen LogP contribution >= 0.6 is 0 Å². The van der Waals surface area contributed by atoms with Crippen LogP contribution in [0.5, 0.6) is 0 Å². The Hall–Kier alpha value is -2.43. The number of esters is 4. The van der Waals surface area contributed by atoms with Crippen molar-refractivity contribution in [1.29, 1.82) is 0 Å². The minimum Gasteiger partial charge on any atom is -0.455 e. The number of hydrogen-bond donors (Lipinski definition) is 1. The maximum absolute atomic E-state index is 13.6. The van der Waals surface area contributed by atoms with Gasteiger partial charge in [-0.2, -0.15) is 17.2 Å². The molecule has 0 aromatic carbocycles. The molecule has 0 aromatic heterocycles. The van der Waals surface area contributed by atoms with Crippen molar-refractivity contribution in [2.45, 2.75) is 114 Å². The number of carbonyl (C=O) groups excluding carboxylic acids is 4. The molecular formula is C29H38F2O13S. The molecule has 0 spiro atoms. The summed E-state index contributed by atoms with van der Waals surface area (Å²) in [5.41, 5.74) is 0.105. The molecule has 13 nitrogen and oxygen atoms in total. The topological polar surface area (TPSA) is 178 Å². The zero-order valence-electron chi connectivity index (χ0n) is 24.9. The van der Waals surface area contributed by atoms with E-state index >= 15 is 0 Å². The van der Waals surface area contributed by atoms with E-state index in [9.17, 15) is 36.4 Å². The monoisotopic (exact) mass is 664 g/mol. The second-order valence-corrected chi connectivity index (χ2v) is 15.1. The third-order valence-electron chi connectivity index (χ3n) is 10.4. The van der Waals surface area contributed by atoms with Crippen molar-refractivity contribution in [2.75, 3.05) is 6.61 Å². The van der Waals surface area contributed by atoms with Gasteiger partial charge in [0.2, 0.25) is 6.29 Å². The maximum Gasteiger partial charge on any atom is 0.405 e. The molecule has 1 N–H and O–H groups in total. The molecule has 8 unspecified atom stereocenters. The molecule has 0 amide bonds. The minimum atomic E-state index is -5.85. The maximum atomic E-state index is 13.6. The van der Waals surface area contributed by atoms with E-state index < -0.39 is 101 Å². The van der Waals surface area contributed by atoms with Gasteiger partial charge in [-0.25, -0.2) is 0 Å². The van der Waals surface area contributed by atoms with Crippen LogP contribution in [0, 0.1) is 35.0 Å². The van der Waals surface area contributed by atoms with Crippen LogP contribution in [0.4, 0.5) is 8.78 Å². The fourth-order valence-electron chi connectivity index (χ4n) is 8.87. The number of halogens is 2. The molecule has 0 radical (unpaired) electrons. The Kier molecular flexibility index (Phi) is 8.43. The van der Waals surface area contributed by atoms with Crippen molar-refractivity contribution in [3.8, 4) is 0 Å². The van der Waals surface area contributed by atoms with Gasteiger partial charge < -0.3 is 28.4 Å².